The Hall–Kier alpha value is -2.70. The highest BCUT2D eigenvalue weighted by molar-refractivity contribution is 6.32. The van der Waals surface area contributed by atoms with Crippen LogP contribution in [0.4, 0.5) is 5.69 Å². The maximum atomic E-state index is 12.8. The van der Waals surface area contributed by atoms with Gasteiger partial charge in [0.05, 0.1) is 30.4 Å². The van der Waals surface area contributed by atoms with Crippen molar-refractivity contribution in [1.82, 2.24) is 4.57 Å². The Kier molecular flexibility index (Phi) is 5.30. The molecule has 140 valence electrons. The zero-order valence-corrected chi connectivity index (χ0v) is 16.3. The van der Waals surface area contributed by atoms with Gasteiger partial charge in [0.25, 0.3) is 5.91 Å². The van der Waals surface area contributed by atoms with Crippen molar-refractivity contribution in [2.75, 3.05) is 19.5 Å². The third kappa shape index (κ3) is 3.59. The highest BCUT2D eigenvalue weighted by atomic mass is 35.5. The molecule has 3 rings (SSSR count). The van der Waals surface area contributed by atoms with E-state index < -0.39 is 11.3 Å². The first-order chi connectivity index (χ1) is 12.8. The van der Waals surface area contributed by atoms with Crippen molar-refractivity contribution < 1.29 is 14.3 Å². The van der Waals surface area contributed by atoms with Crippen LogP contribution >= 0.6 is 23.2 Å². The molecule has 0 saturated heterocycles. The average molecular weight is 407 g/mol. The van der Waals surface area contributed by atoms with Crippen LogP contribution in [0.5, 0.6) is 11.5 Å². The van der Waals surface area contributed by atoms with E-state index in [-0.39, 0.29) is 5.56 Å². The third-order valence-electron chi connectivity index (χ3n) is 4.12. The summed E-state index contributed by atoms with van der Waals surface area (Å²) in [4.78, 5) is 25.6. The highest BCUT2D eigenvalue weighted by Crippen LogP contribution is 2.36. The van der Waals surface area contributed by atoms with Gasteiger partial charge in [0.2, 0.25) is 5.43 Å². The Morgan fingerprint density at radius 2 is 1.78 bits per heavy atom. The van der Waals surface area contributed by atoms with E-state index in [1.54, 1.807) is 29.8 Å². The molecule has 0 bridgehead atoms. The van der Waals surface area contributed by atoms with Crippen molar-refractivity contribution in [1.29, 1.82) is 0 Å². The van der Waals surface area contributed by atoms with Crippen molar-refractivity contribution in [2.24, 2.45) is 7.05 Å². The monoisotopic (exact) mass is 406 g/mol. The zero-order valence-electron chi connectivity index (χ0n) is 14.8. The molecule has 0 radical (unpaired) electrons. The summed E-state index contributed by atoms with van der Waals surface area (Å²) in [7, 11) is 4.66. The van der Waals surface area contributed by atoms with Gasteiger partial charge in [-0.1, -0.05) is 23.2 Å². The number of hydrogen-bond donors (Lipinski definition) is 1. The van der Waals surface area contributed by atoms with Gasteiger partial charge in [0, 0.05) is 35.8 Å². The van der Waals surface area contributed by atoms with E-state index in [1.165, 1.54) is 32.5 Å². The van der Waals surface area contributed by atoms with E-state index in [0.29, 0.717) is 38.1 Å². The molecule has 8 heteroatoms. The number of carbonyl (C=O) groups is 1. The molecule has 3 aromatic rings. The summed E-state index contributed by atoms with van der Waals surface area (Å²) in [5.74, 6) is 0.126. The predicted octanol–water partition coefficient (Wildman–Crippen LogP) is 4.11. The Balaban J connectivity index is 2.07. The Morgan fingerprint density at radius 3 is 2.44 bits per heavy atom. The fourth-order valence-corrected chi connectivity index (χ4v) is 3.18. The molecule has 0 atom stereocenters. The lowest BCUT2D eigenvalue weighted by Gasteiger charge is -2.14. The lowest BCUT2D eigenvalue weighted by Crippen LogP contribution is -2.23. The number of halogens is 2. The van der Waals surface area contributed by atoms with Crippen LogP contribution in [0.2, 0.25) is 10.0 Å². The van der Waals surface area contributed by atoms with Gasteiger partial charge >= 0.3 is 0 Å². The van der Waals surface area contributed by atoms with Crippen LogP contribution < -0.4 is 20.2 Å². The van der Waals surface area contributed by atoms with Crippen molar-refractivity contribution in [3.05, 3.63) is 62.4 Å². The molecular weight excluding hydrogens is 391 g/mol. The quantitative estimate of drug-likeness (QED) is 0.707. The second kappa shape index (κ2) is 7.50. The van der Waals surface area contributed by atoms with Gasteiger partial charge in [-0.2, -0.15) is 0 Å². The van der Waals surface area contributed by atoms with E-state index in [0.717, 1.165) is 0 Å². The minimum atomic E-state index is -0.583. The number of aryl methyl sites for hydroxylation is 1. The minimum Gasteiger partial charge on any atom is -0.495 e. The molecule has 27 heavy (non-hydrogen) atoms. The smallest absolute Gasteiger partial charge is 0.261 e. The van der Waals surface area contributed by atoms with Gasteiger partial charge in [0.15, 0.2) is 0 Å². The Labute approximate surface area is 165 Å². The largest absolute Gasteiger partial charge is 0.495 e. The highest BCUT2D eigenvalue weighted by Gasteiger charge is 2.18. The molecular formula is C19H16Cl2N2O4. The number of fused-ring (bicyclic) bond motifs is 1. The predicted molar refractivity (Wildman–Crippen MR) is 107 cm³/mol. The van der Waals surface area contributed by atoms with Crippen LogP contribution in [0.3, 0.4) is 0 Å². The molecule has 0 aliphatic carbocycles. The summed E-state index contributed by atoms with van der Waals surface area (Å²) in [5.41, 5.74) is 0.565. The zero-order chi connectivity index (χ0) is 19.7. The fraction of sp³-hybridized carbons (Fsp3) is 0.158. The molecule has 6 nitrogen and oxygen atoms in total. The van der Waals surface area contributed by atoms with Gasteiger partial charge in [-0.25, -0.2) is 0 Å². The van der Waals surface area contributed by atoms with Crippen LogP contribution in [0.1, 0.15) is 10.4 Å². The number of benzene rings is 2. The summed E-state index contributed by atoms with van der Waals surface area (Å²) < 4.78 is 12.1. The molecule has 0 aliphatic heterocycles. The molecule has 0 unspecified atom stereocenters. The van der Waals surface area contributed by atoms with Crippen LogP contribution in [-0.2, 0) is 7.05 Å². The number of carbonyl (C=O) groups excluding carboxylic acids is 1. The molecule has 0 fully saturated rings. The third-order valence-corrected chi connectivity index (χ3v) is 4.65. The summed E-state index contributed by atoms with van der Waals surface area (Å²) in [5, 5.41) is 3.79. The Bertz CT molecular complexity index is 1110. The second-order valence-electron chi connectivity index (χ2n) is 5.79. The number of amides is 1. The molecule has 0 spiro atoms. The molecule has 1 N–H and O–H groups in total. The van der Waals surface area contributed by atoms with Gasteiger partial charge in [-0.15, -0.1) is 0 Å². The maximum Gasteiger partial charge on any atom is 0.261 e. The summed E-state index contributed by atoms with van der Waals surface area (Å²) in [6.45, 7) is 0. The topological polar surface area (TPSA) is 69.6 Å². The summed E-state index contributed by atoms with van der Waals surface area (Å²) >= 11 is 12.1. The van der Waals surface area contributed by atoms with Crippen LogP contribution in [0.15, 0.2) is 41.3 Å². The van der Waals surface area contributed by atoms with E-state index in [4.69, 9.17) is 32.7 Å². The first kappa shape index (κ1) is 19.1. The number of methoxy groups -OCH3 is 2. The second-order valence-corrected chi connectivity index (χ2v) is 6.63. The Morgan fingerprint density at radius 1 is 1.07 bits per heavy atom. The van der Waals surface area contributed by atoms with Gasteiger partial charge in [-0.3, -0.25) is 9.59 Å². The van der Waals surface area contributed by atoms with Crippen molar-refractivity contribution in [2.45, 2.75) is 0 Å². The molecule has 1 heterocycles. The normalized spacial score (nSPS) is 10.7. The van der Waals surface area contributed by atoms with E-state index in [2.05, 4.69) is 5.32 Å². The van der Waals surface area contributed by atoms with Crippen LogP contribution in [0.25, 0.3) is 10.9 Å². The van der Waals surface area contributed by atoms with Crippen LogP contribution in [-0.4, -0.2) is 24.7 Å². The molecule has 1 aromatic heterocycles. The fourth-order valence-electron chi connectivity index (χ4n) is 2.77. The molecule has 1 amide bonds. The van der Waals surface area contributed by atoms with Gasteiger partial charge in [-0.05, 0) is 18.2 Å². The SMILES string of the molecule is COc1cc(NC(=O)c2cn(C)c3ccc(Cl)cc3c2=O)c(OC)cc1Cl. The number of ether oxygens (including phenoxy) is 2. The van der Waals surface area contributed by atoms with Crippen LogP contribution in [0, 0.1) is 0 Å². The first-order valence-electron chi connectivity index (χ1n) is 7.87. The maximum absolute atomic E-state index is 12.8. The van der Waals surface area contributed by atoms with Gasteiger partial charge < -0.3 is 19.4 Å². The number of rotatable bonds is 4. The number of pyridine rings is 1. The number of anilines is 1. The van der Waals surface area contributed by atoms with Gasteiger partial charge in [0.1, 0.15) is 17.1 Å². The molecule has 0 saturated carbocycles. The number of hydrogen-bond acceptors (Lipinski definition) is 4. The summed E-state index contributed by atoms with van der Waals surface area (Å²) in [6.07, 6.45) is 1.48. The average Bonchev–Trinajstić information content (AvgIpc) is 2.65. The van der Waals surface area contributed by atoms with Crippen molar-refractivity contribution in [3.8, 4) is 11.5 Å². The standard InChI is InChI=1S/C19H16Cl2N2O4/c1-23-9-12(18(24)11-6-10(20)4-5-15(11)23)19(25)22-14-8-16(26-2)13(21)7-17(14)27-3/h4-9H,1-3H3,(H,22,25). The van der Waals surface area contributed by atoms with E-state index >= 15 is 0 Å². The van der Waals surface area contributed by atoms with Crippen molar-refractivity contribution in [3.63, 3.8) is 0 Å². The molecule has 2 aromatic carbocycles. The first-order valence-corrected chi connectivity index (χ1v) is 8.63. The summed E-state index contributed by atoms with van der Waals surface area (Å²) in [6, 6.07) is 8.01. The lowest BCUT2D eigenvalue weighted by atomic mass is 10.1. The molecule has 0 aliphatic rings. The van der Waals surface area contributed by atoms with Crippen molar-refractivity contribution >= 4 is 45.7 Å². The van der Waals surface area contributed by atoms with E-state index in [9.17, 15) is 9.59 Å². The number of nitrogens with zero attached hydrogens (tertiary/aromatic N) is 1. The number of aromatic nitrogens is 1. The minimum absolute atomic E-state index is 0.0248. The van der Waals surface area contributed by atoms with E-state index in [1.807, 2.05) is 0 Å². The lowest BCUT2D eigenvalue weighted by molar-refractivity contribution is 0.102. The number of nitrogens with one attached hydrogen (secondary N) is 1.